The van der Waals surface area contributed by atoms with Crippen LogP contribution in [0.5, 0.6) is 11.5 Å². The minimum absolute atomic E-state index is 0.125. The number of carbonyl (C=O) groups excluding carboxylic acids is 1. The van der Waals surface area contributed by atoms with Gasteiger partial charge in [0.15, 0.2) is 5.76 Å². The quantitative estimate of drug-likeness (QED) is 0.493. The number of allylic oxidation sites excluding steroid dienone is 1. The Morgan fingerprint density at radius 3 is 2.23 bits per heavy atom. The molecule has 0 unspecified atom stereocenters. The van der Waals surface area contributed by atoms with Gasteiger partial charge in [0.1, 0.15) is 11.5 Å². The summed E-state index contributed by atoms with van der Waals surface area (Å²) in [6, 6.07) is 11.4. The molecule has 1 heterocycles. The second-order valence-electron chi connectivity index (χ2n) is 7.96. The molecule has 0 radical (unpaired) electrons. The van der Waals surface area contributed by atoms with E-state index in [1.54, 1.807) is 18.2 Å². The van der Waals surface area contributed by atoms with Gasteiger partial charge in [-0.3, -0.25) is 9.69 Å². The highest BCUT2D eigenvalue weighted by Gasteiger charge is 2.31. The van der Waals surface area contributed by atoms with Gasteiger partial charge in [-0.1, -0.05) is 57.9 Å². The first-order valence-electron chi connectivity index (χ1n) is 11.2. The minimum atomic E-state index is -0.125. The molecule has 160 valence electrons. The van der Waals surface area contributed by atoms with Crippen LogP contribution in [-0.4, -0.2) is 28.9 Å². The van der Waals surface area contributed by atoms with Crippen LogP contribution >= 0.6 is 0 Å². The van der Waals surface area contributed by atoms with Crippen LogP contribution in [-0.2, 0) is 13.0 Å². The lowest BCUT2D eigenvalue weighted by Gasteiger charge is -2.23. The summed E-state index contributed by atoms with van der Waals surface area (Å²) in [7, 11) is 0. The normalized spacial score (nSPS) is 14.4. The zero-order chi connectivity index (χ0) is 21.5. The molecule has 0 saturated carbocycles. The fourth-order valence-corrected chi connectivity index (χ4v) is 3.71. The zero-order valence-corrected chi connectivity index (χ0v) is 18.4. The molecule has 1 aliphatic heterocycles. The Hall–Kier alpha value is -2.59. The van der Waals surface area contributed by atoms with Crippen molar-refractivity contribution in [2.45, 2.75) is 59.4 Å². The topological polar surface area (TPSA) is 49.8 Å². The Bertz CT molecular complexity index is 891. The van der Waals surface area contributed by atoms with E-state index in [0.717, 1.165) is 50.8 Å². The largest absolute Gasteiger partial charge is 0.507 e. The molecule has 0 atom stereocenters. The number of fused-ring (bicyclic) bond motifs is 1. The fourth-order valence-electron chi connectivity index (χ4n) is 3.71. The highest BCUT2D eigenvalue weighted by Crippen LogP contribution is 2.40. The molecule has 0 spiro atoms. The fraction of sp³-hybridized carbons (Fsp3) is 0.423. The van der Waals surface area contributed by atoms with Crippen LogP contribution in [0, 0.1) is 0 Å². The maximum atomic E-state index is 12.9. The molecule has 0 amide bonds. The standard InChI is InChI=1S/C26H33NO3/c1-4-7-15-27(16-8-5-2)18-22-23(28)14-13-21-25(29)24(30-26(21)22)17-20-11-9-19(6-3)10-12-20/h9-14,17,28H,4-8,15-16,18H2,1-3H3/b24-17+. The number of unbranched alkanes of at least 4 members (excludes halogenated alkanes) is 2. The van der Waals surface area contributed by atoms with Crippen LogP contribution in [0.4, 0.5) is 0 Å². The summed E-state index contributed by atoms with van der Waals surface area (Å²) < 4.78 is 6.03. The number of rotatable bonds is 10. The molecule has 0 fully saturated rings. The molecule has 0 aromatic heterocycles. The SMILES string of the molecule is CCCCN(CCCC)Cc1c(O)ccc2c1O/C(=C/c1ccc(CC)cc1)C2=O. The van der Waals surface area contributed by atoms with Crippen molar-refractivity contribution in [3.63, 3.8) is 0 Å². The number of carbonyl (C=O) groups is 1. The number of nitrogens with zero attached hydrogens (tertiary/aromatic N) is 1. The van der Waals surface area contributed by atoms with Crippen molar-refractivity contribution in [3.05, 3.63) is 64.4 Å². The summed E-state index contributed by atoms with van der Waals surface area (Å²) in [6.45, 7) is 9.01. The van der Waals surface area contributed by atoms with Crippen LogP contribution in [0.1, 0.15) is 73.5 Å². The van der Waals surface area contributed by atoms with Crippen LogP contribution in [0.2, 0.25) is 0 Å². The molecule has 0 saturated heterocycles. The molecule has 30 heavy (non-hydrogen) atoms. The van der Waals surface area contributed by atoms with Gasteiger partial charge in [0.05, 0.1) is 11.1 Å². The van der Waals surface area contributed by atoms with Crippen LogP contribution < -0.4 is 4.74 Å². The van der Waals surface area contributed by atoms with E-state index >= 15 is 0 Å². The van der Waals surface area contributed by atoms with Crippen molar-refractivity contribution < 1.29 is 14.6 Å². The maximum Gasteiger partial charge on any atom is 0.231 e. The second-order valence-corrected chi connectivity index (χ2v) is 7.96. The monoisotopic (exact) mass is 407 g/mol. The van der Waals surface area contributed by atoms with Gasteiger partial charge in [0.25, 0.3) is 0 Å². The summed E-state index contributed by atoms with van der Waals surface area (Å²) in [5.74, 6) is 0.886. The van der Waals surface area contributed by atoms with Gasteiger partial charge >= 0.3 is 0 Å². The molecule has 4 heteroatoms. The molecule has 0 aliphatic carbocycles. The molecule has 1 N–H and O–H groups in total. The smallest absolute Gasteiger partial charge is 0.231 e. The summed E-state index contributed by atoms with van der Waals surface area (Å²) in [4.78, 5) is 15.3. The highest BCUT2D eigenvalue weighted by atomic mass is 16.5. The van der Waals surface area contributed by atoms with Gasteiger partial charge in [0.2, 0.25) is 5.78 Å². The lowest BCUT2D eigenvalue weighted by atomic mass is 10.0. The number of hydrogen-bond acceptors (Lipinski definition) is 4. The van der Waals surface area contributed by atoms with E-state index in [1.165, 1.54) is 5.56 Å². The molecule has 3 rings (SSSR count). The van der Waals surface area contributed by atoms with Gasteiger partial charge in [0, 0.05) is 6.54 Å². The van der Waals surface area contributed by atoms with Gasteiger partial charge < -0.3 is 9.84 Å². The second kappa shape index (κ2) is 10.4. The number of phenolic OH excluding ortho intramolecular Hbond substituents is 1. The lowest BCUT2D eigenvalue weighted by molar-refractivity contribution is 0.101. The minimum Gasteiger partial charge on any atom is -0.507 e. The molecular weight excluding hydrogens is 374 g/mol. The summed E-state index contributed by atoms with van der Waals surface area (Å²) in [6.07, 6.45) is 7.23. The first-order valence-corrected chi connectivity index (χ1v) is 11.2. The van der Waals surface area contributed by atoms with E-state index in [-0.39, 0.29) is 11.5 Å². The van der Waals surface area contributed by atoms with Crippen molar-refractivity contribution in [1.82, 2.24) is 4.90 Å². The Balaban J connectivity index is 1.86. The maximum absolute atomic E-state index is 12.9. The number of hydrogen-bond donors (Lipinski definition) is 1. The van der Waals surface area contributed by atoms with E-state index in [0.29, 0.717) is 29.2 Å². The Morgan fingerprint density at radius 2 is 1.63 bits per heavy atom. The number of benzene rings is 2. The summed E-state index contributed by atoms with van der Waals surface area (Å²) >= 11 is 0. The predicted molar refractivity (Wildman–Crippen MR) is 122 cm³/mol. The lowest BCUT2D eigenvalue weighted by Crippen LogP contribution is -2.25. The molecule has 4 nitrogen and oxygen atoms in total. The van der Waals surface area contributed by atoms with E-state index in [2.05, 4.69) is 37.8 Å². The molecular formula is C26H33NO3. The average molecular weight is 408 g/mol. The van der Waals surface area contributed by atoms with Gasteiger partial charge in [-0.05, 0) is 61.7 Å². The predicted octanol–water partition coefficient (Wildman–Crippen LogP) is 5.97. The number of aryl methyl sites for hydroxylation is 1. The first kappa shape index (κ1) is 22.1. The van der Waals surface area contributed by atoms with E-state index < -0.39 is 0 Å². The molecule has 0 bridgehead atoms. The van der Waals surface area contributed by atoms with Crippen LogP contribution in [0.3, 0.4) is 0 Å². The van der Waals surface area contributed by atoms with Crippen LogP contribution in [0.25, 0.3) is 6.08 Å². The van der Waals surface area contributed by atoms with Crippen molar-refractivity contribution >= 4 is 11.9 Å². The van der Waals surface area contributed by atoms with Crippen molar-refractivity contribution in [3.8, 4) is 11.5 Å². The third-order valence-electron chi connectivity index (χ3n) is 5.64. The van der Waals surface area contributed by atoms with Crippen molar-refractivity contribution in [1.29, 1.82) is 0 Å². The molecule has 2 aromatic carbocycles. The average Bonchev–Trinajstić information content (AvgIpc) is 3.07. The van der Waals surface area contributed by atoms with Crippen molar-refractivity contribution in [2.75, 3.05) is 13.1 Å². The van der Waals surface area contributed by atoms with E-state index in [4.69, 9.17) is 4.74 Å². The number of phenols is 1. The van der Waals surface area contributed by atoms with E-state index in [9.17, 15) is 9.90 Å². The van der Waals surface area contributed by atoms with Gasteiger partial charge in [-0.25, -0.2) is 0 Å². The Labute approximate surface area is 180 Å². The number of ketones is 1. The van der Waals surface area contributed by atoms with E-state index in [1.807, 2.05) is 12.1 Å². The number of Topliss-reactive ketones (excluding diaryl/α,β-unsaturated/α-hetero) is 1. The summed E-state index contributed by atoms with van der Waals surface area (Å²) in [5.41, 5.74) is 3.43. The highest BCUT2D eigenvalue weighted by molar-refractivity contribution is 6.15. The summed E-state index contributed by atoms with van der Waals surface area (Å²) in [5, 5.41) is 10.6. The Morgan fingerprint density at radius 1 is 0.967 bits per heavy atom. The zero-order valence-electron chi connectivity index (χ0n) is 18.4. The molecule has 2 aromatic rings. The van der Waals surface area contributed by atoms with Gasteiger partial charge in [-0.15, -0.1) is 0 Å². The Kier molecular flexibility index (Phi) is 7.69. The van der Waals surface area contributed by atoms with Crippen molar-refractivity contribution in [2.24, 2.45) is 0 Å². The van der Waals surface area contributed by atoms with Crippen LogP contribution in [0.15, 0.2) is 42.2 Å². The first-order chi connectivity index (χ1) is 14.6. The van der Waals surface area contributed by atoms with Gasteiger partial charge in [-0.2, -0.15) is 0 Å². The third kappa shape index (κ3) is 5.11. The number of aromatic hydroxyl groups is 1. The number of ether oxygens (including phenoxy) is 1. The third-order valence-corrected chi connectivity index (χ3v) is 5.64. The molecule has 1 aliphatic rings.